The van der Waals surface area contributed by atoms with Gasteiger partial charge < -0.3 is 5.32 Å². The van der Waals surface area contributed by atoms with Gasteiger partial charge in [-0.15, -0.1) is 0 Å². The van der Waals surface area contributed by atoms with Gasteiger partial charge in [0, 0.05) is 27.8 Å². The van der Waals surface area contributed by atoms with E-state index < -0.39 is 0 Å². The third kappa shape index (κ3) is 2.77. The number of benzene rings is 1. The van der Waals surface area contributed by atoms with Crippen molar-refractivity contribution in [3.05, 3.63) is 32.8 Å². The highest BCUT2D eigenvalue weighted by atomic mass is 79.9. The van der Waals surface area contributed by atoms with Crippen LogP contribution in [0.4, 0.5) is 11.4 Å². The van der Waals surface area contributed by atoms with E-state index in [1.807, 2.05) is 0 Å². The Balaban J connectivity index is 2.19. The highest BCUT2D eigenvalue weighted by Gasteiger charge is 2.37. The van der Waals surface area contributed by atoms with Crippen LogP contribution in [0, 0.1) is 16.0 Å². The highest BCUT2D eigenvalue weighted by molar-refractivity contribution is 9.10. The van der Waals surface area contributed by atoms with Gasteiger partial charge in [-0.05, 0) is 54.6 Å². The number of halogens is 1. The molecular formula is C12H15BrN2O2. The van der Waals surface area contributed by atoms with E-state index in [2.05, 4.69) is 35.1 Å². The molecule has 1 saturated carbocycles. The lowest BCUT2D eigenvalue weighted by molar-refractivity contribution is -0.384. The minimum absolute atomic E-state index is 0.0403. The molecule has 4 nitrogen and oxygen atoms in total. The van der Waals surface area contributed by atoms with Crippen LogP contribution in [0.2, 0.25) is 0 Å². The number of non-ortho nitro benzene ring substituents is 1. The molecule has 0 spiro atoms. The van der Waals surface area contributed by atoms with Crippen LogP contribution >= 0.6 is 15.9 Å². The molecular weight excluding hydrogens is 284 g/mol. The molecule has 0 bridgehead atoms. The first kappa shape index (κ1) is 12.4. The van der Waals surface area contributed by atoms with E-state index in [0.29, 0.717) is 5.92 Å². The fourth-order valence-electron chi connectivity index (χ4n) is 1.97. The maximum absolute atomic E-state index is 10.6. The highest BCUT2D eigenvalue weighted by Crippen LogP contribution is 2.42. The predicted octanol–water partition coefficient (Wildman–Crippen LogP) is 3.96. The van der Waals surface area contributed by atoms with Crippen LogP contribution < -0.4 is 5.32 Å². The Morgan fingerprint density at radius 1 is 1.47 bits per heavy atom. The zero-order chi connectivity index (χ0) is 12.6. The number of hydrogen-bond donors (Lipinski definition) is 1. The van der Waals surface area contributed by atoms with Crippen LogP contribution in [0.3, 0.4) is 0 Å². The molecule has 0 unspecified atom stereocenters. The first-order valence-corrected chi connectivity index (χ1v) is 6.41. The monoisotopic (exact) mass is 298 g/mol. The van der Waals surface area contributed by atoms with Gasteiger partial charge in [0.05, 0.1) is 4.92 Å². The fourth-order valence-corrected chi connectivity index (χ4v) is 2.44. The van der Waals surface area contributed by atoms with Gasteiger partial charge in [-0.3, -0.25) is 10.1 Å². The van der Waals surface area contributed by atoms with Crippen LogP contribution in [0.1, 0.15) is 26.7 Å². The van der Waals surface area contributed by atoms with E-state index in [1.165, 1.54) is 25.0 Å². The molecule has 1 fully saturated rings. The van der Waals surface area contributed by atoms with Gasteiger partial charge in [0.2, 0.25) is 0 Å². The van der Waals surface area contributed by atoms with Crippen molar-refractivity contribution in [2.75, 3.05) is 5.32 Å². The predicted molar refractivity (Wildman–Crippen MR) is 71.2 cm³/mol. The second-order valence-electron chi connectivity index (χ2n) is 5.04. The molecule has 0 saturated heterocycles. The van der Waals surface area contributed by atoms with E-state index in [0.717, 1.165) is 10.2 Å². The lowest BCUT2D eigenvalue weighted by atomic mass is 9.98. The molecule has 1 N–H and O–H groups in total. The van der Waals surface area contributed by atoms with E-state index >= 15 is 0 Å². The summed E-state index contributed by atoms with van der Waals surface area (Å²) >= 11 is 3.37. The molecule has 0 heterocycles. The van der Waals surface area contributed by atoms with Crippen LogP contribution in [0.15, 0.2) is 22.7 Å². The molecule has 0 aliphatic heterocycles. The van der Waals surface area contributed by atoms with Crippen molar-refractivity contribution in [1.29, 1.82) is 0 Å². The Labute approximate surface area is 109 Å². The zero-order valence-electron chi connectivity index (χ0n) is 9.87. The first-order valence-electron chi connectivity index (χ1n) is 5.62. The van der Waals surface area contributed by atoms with Crippen molar-refractivity contribution >= 4 is 27.3 Å². The van der Waals surface area contributed by atoms with Gasteiger partial charge in [-0.1, -0.05) is 0 Å². The summed E-state index contributed by atoms with van der Waals surface area (Å²) in [6.07, 6.45) is 2.51. The molecule has 1 aromatic rings. The van der Waals surface area contributed by atoms with E-state index in [9.17, 15) is 10.1 Å². The number of nitro benzene ring substituents is 1. The molecule has 1 aliphatic rings. The largest absolute Gasteiger partial charge is 0.379 e. The number of nitrogens with zero attached hydrogens (tertiary/aromatic N) is 1. The van der Waals surface area contributed by atoms with E-state index in [4.69, 9.17) is 0 Å². The second kappa shape index (κ2) is 4.29. The lowest BCUT2D eigenvalue weighted by Gasteiger charge is -2.28. The van der Waals surface area contributed by atoms with Crippen LogP contribution in [0.25, 0.3) is 0 Å². The quantitative estimate of drug-likeness (QED) is 0.676. The minimum Gasteiger partial charge on any atom is -0.379 e. The van der Waals surface area contributed by atoms with Crippen molar-refractivity contribution < 1.29 is 4.92 Å². The maximum Gasteiger partial charge on any atom is 0.270 e. The third-order valence-corrected chi connectivity index (χ3v) is 3.87. The van der Waals surface area contributed by atoms with Crippen molar-refractivity contribution in [1.82, 2.24) is 0 Å². The van der Waals surface area contributed by atoms with Crippen molar-refractivity contribution in [3.63, 3.8) is 0 Å². The zero-order valence-corrected chi connectivity index (χ0v) is 11.5. The van der Waals surface area contributed by atoms with Crippen molar-refractivity contribution in [2.24, 2.45) is 5.92 Å². The SMILES string of the molecule is CC(C)(Nc1ccc([N+](=O)[O-])cc1Br)C1CC1. The Hall–Kier alpha value is -1.10. The van der Waals surface area contributed by atoms with Gasteiger partial charge in [-0.2, -0.15) is 0 Å². The average Bonchev–Trinajstić information content (AvgIpc) is 3.04. The summed E-state index contributed by atoms with van der Waals surface area (Å²) in [6, 6.07) is 4.81. The molecule has 1 aliphatic carbocycles. The summed E-state index contributed by atoms with van der Waals surface area (Å²) in [5, 5.41) is 14.1. The molecule has 92 valence electrons. The summed E-state index contributed by atoms with van der Waals surface area (Å²) < 4.78 is 0.737. The maximum atomic E-state index is 10.6. The number of nitrogens with one attached hydrogen (secondary N) is 1. The lowest BCUT2D eigenvalue weighted by Crippen LogP contribution is -2.33. The van der Waals surface area contributed by atoms with E-state index in [-0.39, 0.29) is 16.1 Å². The average molecular weight is 299 g/mol. The molecule has 0 amide bonds. The Morgan fingerprint density at radius 3 is 2.59 bits per heavy atom. The number of rotatable bonds is 4. The smallest absolute Gasteiger partial charge is 0.270 e. The molecule has 0 radical (unpaired) electrons. The summed E-state index contributed by atoms with van der Waals surface area (Å²) in [5.74, 6) is 0.699. The van der Waals surface area contributed by atoms with Crippen molar-refractivity contribution in [3.8, 4) is 0 Å². The fraction of sp³-hybridized carbons (Fsp3) is 0.500. The second-order valence-corrected chi connectivity index (χ2v) is 5.90. The molecule has 0 aromatic heterocycles. The van der Waals surface area contributed by atoms with Gasteiger partial charge in [0.25, 0.3) is 5.69 Å². The topological polar surface area (TPSA) is 55.2 Å². The Kier molecular flexibility index (Phi) is 3.12. The summed E-state index contributed by atoms with van der Waals surface area (Å²) in [5.41, 5.74) is 1.05. The molecule has 5 heteroatoms. The van der Waals surface area contributed by atoms with Crippen LogP contribution in [0.5, 0.6) is 0 Å². The molecule has 1 aromatic carbocycles. The number of hydrogen-bond acceptors (Lipinski definition) is 3. The number of nitro groups is 1. The molecule has 17 heavy (non-hydrogen) atoms. The van der Waals surface area contributed by atoms with Crippen molar-refractivity contribution in [2.45, 2.75) is 32.2 Å². The summed E-state index contributed by atoms with van der Waals surface area (Å²) in [4.78, 5) is 10.2. The molecule has 0 atom stereocenters. The first-order chi connectivity index (χ1) is 7.90. The van der Waals surface area contributed by atoms with Gasteiger partial charge in [-0.25, -0.2) is 0 Å². The molecule has 2 rings (SSSR count). The standard InChI is InChI=1S/C12H15BrN2O2/c1-12(2,8-3-4-8)14-11-6-5-9(15(16)17)7-10(11)13/h5-8,14H,3-4H2,1-2H3. The van der Waals surface area contributed by atoms with Crippen LogP contribution in [-0.2, 0) is 0 Å². The third-order valence-electron chi connectivity index (χ3n) is 3.22. The Bertz CT molecular complexity index is 456. The normalized spacial score (nSPS) is 15.7. The van der Waals surface area contributed by atoms with E-state index in [1.54, 1.807) is 6.07 Å². The number of anilines is 1. The van der Waals surface area contributed by atoms with Crippen LogP contribution in [-0.4, -0.2) is 10.5 Å². The summed E-state index contributed by atoms with van der Waals surface area (Å²) in [6.45, 7) is 4.33. The summed E-state index contributed by atoms with van der Waals surface area (Å²) in [7, 11) is 0. The van der Waals surface area contributed by atoms with Gasteiger partial charge in [0.1, 0.15) is 0 Å². The Morgan fingerprint density at radius 2 is 2.12 bits per heavy atom. The minimum atomic E-state index is -0.388. The van der Waals surface area contributed by atoms with Gasteiger partial charge in [0.15, 0.2) is 0 Å². The van der Waals surface area contributed by atoms with Gasteiger partial charge >= 0.3 is 0 Å².